The second kappa shape index (κ2) is 12.0. The molecular weight excluding hydrogens is 519 g/mol. The Morgan fingerprint density at radius 3 is 2.80 bits per heavy atom. The number of hydrogen-bond acceptors (Lipinski definition) is 8. The van der Waals surface area contributed by atoms with Crippen molar-refractivity contribution in [2.45, 2.75) is 31.7 Å². The summed E-state index contributed by atoms with van der Waals surface area (Å²) in [7, 11) is 0. The molecule has 0 aliphatic carbocycles. The largest absolute Gasteiger partial charge is 0.457 e. The summed E-state index contributed by atoms with van der Waals surface area (Å²) in [6.07, 6.45) is 7.64. The monoisotopic (exact) mass is 552 g/mol. The molecule has 0 bridgehead atoms. The van der Waals surface area contributed by atoms with Gasteiger partial charge in [0.25, 0.3) is 0 Å². The van der Waals surface area contributed by atoms with Crippen molar-refractivity contribution in [3.8, 4) is 28.8 Å². The van der Waals surface area contributed by atoms with Crippen LogP contribution in [0.3, 0.4) is 0 Å². The van der Waals surface area contributed by atoms with E-state index in [1.807, 2.05) is 35.0 Å². The molecule has 0 radical (unpaired) electrons. The van der Waals surface area contributed by atoms with E-state index >= 15 is 4.39 Å². The number of rotatable bonds is 7. The molecule has 0 spiro atoms. The minimum atomic E-state index is -0.473. The molecule has 4 heterocycles. The van der Waals surface area contributed by atoms with Gasteiger partial charge < -0.3 is 15.8 Å². The number of nitrogen functional groups attached to an aromatic ring is 1. The van der Waals surface area contributed by atoms with Crippen molar-refractivity contribution >= 4 is 16.9 Å². The average molecular weight is 553 g/mol. The molecule has 9 nitrogen and oxygen atoms in total. The number of anilines is 1. The van der Waals surface area contributed by atoms with Gasteiger partial charge in [0.05, 0.1) is 17.5 Å². The highest BCUT2D eigenvalue weighted by molar-refractivity contribution is 5.98. The van der Waals surface area contributed by atoms with E-state index in [0.717, 1.165) is 50.9 Å². The number of hydrogen-bond donors (Lipinski definition) is 2. The second-order valence-electron chi connectivity index (χ2n) is 10.7. The van der Waals surface area contributed by atoms with Gasteiger partial charge in [-0.1, -0.05) is 24.3 Å². The number of nitrogens with zero attached hydrogens (tertiary/aromatic N) is 6. The maximum absolute atomic E-state index is 15.5. The van der Waals surface area contributed by atoms with Gasteiger partial charge in [-0.2, -0.15) is 10.4 Å². The lowest BCUT2D eigenvalue weighted by Gasteiger charge is -2.33. The topological polar surface area (TPSA) is 118 Å². The number of para-hydroxylation sites is 1. The molecule has 0 amide bonds. The number of piperidine rings is 2. The summed E-state index contributed by atoms with van der Waals surface area (Å²) in [6, 6.07) is 16.4. The third kappa shape index (κ3) is 5.92. The van der Waals surface area contributed by atoms with Crippen LogP contribution < -0.4 is 15.8 Å². The van der Waals surface area contributed by atoms with Crippen LogP contribution in [0.15, 0.2) is 66.5 Å². The van der Waals surface area contributed by atoms with Crippen LogP contribution in [0.4, 0.5) is 10.2 Å². The molecule has 2 aliphatic heterocycles. The Hall–Kier alpha value is -4.33. The molecule has 10 heteroatoms. The van der Waals surface area contributed by atoms with E-state index in [9.17, 15) is 5.26 Å². The van der Waals surface area contributed by atoms with E-state index in [4.69, 9.17) is 15.6 Å². The van der Waals surface area contributed by atoms with Crippen molar-refractivity contribution < 1.29 is 9.13 Å². The molecular formula is C31H33FN8O. The Bertz CT molecular complexity index is 1590. The Kier molecular flexibility index (Phi) is 7.89. The number of aromatic nitrogens is 4. The van der Waals surface area contributed by atoms with Gasteiger partial charge in [-0.05, 0) is 69.0 Å². The molecule has 1 unspecified atom stereocenters. The zero-order valence-electron chi connectivity index (χ0n) is 22.8. The molecule has 2 aromatic carbocycles. The van der Waals surface area contributed by atoms with Gasteiger partial charge in [-0.25, -0.2) is 19.0 Å². The van der Waals surface area contributed by atoms with Gasteiger partial charge in [-0.3, -0.25) is 4.90 Å². The highest BCUT2D eigenvalue weighted by atomic mass is 19.1. The highest BCUT2D eigenvalue weighted by Crippen LogP contribution is 2.36. The molecule has 2 aliphatic rings. The van der Waals surface area contributed by atoms with Crippen LogP contribution in [-0.2, 0) is 0 Å². The van der Waals surface area contributed by atoms with E-state index in [0.29, 0.717) is 52.8 Å². The van der Waals surface area contributed by atoms with Crippen LogP contribution in [0, 0.1) is 23.1 Å². The third-order valence-electron chi connectivity index (χ3n) is 7.83. The van der Waals surface area contributed by atoms with Gasteiger partial charge in [0.15, 0.2) is 5.65 Å². The molecule has 3 N–H and O–H groups in total. The lowest BCUT2D eigenvalue weighted by atomic mass is 9.96. The first kappa shape index (κ1) is 26.9. The fourth-order valence-electron chi connectivity index (χ4n) is 5.86. The molecule has 41 heavy (non-hydrogen) atoms. The van der Waals surface area contributed by atoms with Crippen LogP contribution in [0.2, 0.25) is 0 Å². The molecule has 2 saturated heterocycles. The summed E-state index contributed by atoms with van der Waals surface area (Å²) < 4.78 is 23.2. The van der Waals surface area contributed by atoms with Crippen LogP contribution in [-0.4, -0.2) is 57.4 Å². The van der Waals surface area contributed by atoms with Gasteiger partial charge >= 0.3 is 0 Å². The van der Waals surface area contributed by atoms with E-state index in [2.05, 4.69) is 32.3 Å². The number of ether oxygens (including phenoxy) is 1. The zero-order valence-corrected chi connectivity index (χ0v) is 22.8. The number of nitriles is 1. The molecule has 6 rings (SSSR count). The van der Waals surface area contributed by atoms with Gasteiger partial charge in [0.2, 0.25) is 0 Å². The predicted octanol–water partition coefficient (Wildman–Crippen LogP) is 5.09. The summed E-state index contributed by atoms with van der Waals surface area (Å²) in [6.45, 7) is 4.17. The Morgan fingerprint density at radius 2 is 2.02 bits per heavy atom. The first-order valence-corrected chi connectivity index (χ1v) is 14.1. The minimum absolute atomic E-state index is 0.00524. The van der Waals surface area contributed by atoms with Crippen molar-refractivity contribution in [1.29, 1.82) is 5.26 Å². The van der Waals surface area contributed by atoms with Crippen molar-refractivity contribution in [1.82, 2.24) is 30.0 Å². The van der Waals surface area contributed by atoms with Crippen molar-refractivity contribution in [3.63, 3.8) is 0 Å². The second-order valence-corrected chi connectivity index (χ2v) is 10.7. The minimum Gasteiger partial charge on any atom is -0.457 e. The highest BCUT2D eigenvalue weighted by Gasteiger charge is 2.28. The van der Waals surface area contributed by atoms with Crippen molar-refractivity contribution in [2.24, 2.45) is 5.92 Å². The van der Waals surface area contributed by atoms with Crippen molar-refractivity contribution in [3.05, 3.63) is 72.3 Å². The normalized spacial score (nSPS) is 20.1. The standard InChI is InChI=1S/C31H33FN8O/c32-27-15-25(41-24-8-2-1-3-9-24)10-11-26(27)29-28-30(34)36-20-37-31(28)40(38-29)23-7-5-13-39(19-23)18-22(16-33)14-21-6-4-12-35-17-21/h1-3,8-11,14-15,20-21,23,35H,4-7,12-13,17-19H2,(H2,34,36,37)/t21?,23-/m1/s1. The predicted molar refractivity (Wildman–Crippen MR) is 156 cm³/mol. The fourth-order valence-corrected chi connectivity index (χ4v) is 5.86. The SMILES string of the molecule is N#CC(=CC1CCCNC1)CN1CCC[C@@H](n2nc(-c3ccc(Oc4ccccc4)cc3F)c3c(N)ncnc32)C1. The number of nitrogens with one attached hydrogen (secondary N) is 1. The fraction of sp³-hybridized carbons (Fsp3) is 0.355. The summed E-state index contributed by atoms with van der Waals surface area (Å²) in [5, 5.41) is 18.7. The average Bonchev–Trinajstić information content (AvgIpc) is 3.39. The molecule has 2 fully saturated rings. The molecule has 4 aromatic rings. The smallest absolute Gasteiger partial charge is 0.164 e. The number of benzene rings is 2. The lowest BCUT2D eigenvalue weighted by molar-refractivity contribution is 0.185. The van der Waals surface area contributed by atoms with Crippen LogP contribution >= 0.6 is 0 Å². The molecule has 2 atom stereocenters. The zero-order chi connectivity index (χ0) is 28.2. The summed E-state index contributed by atoms with van der Waals surface area (Å²) in [4.78, 5) is 11.0. The molecule has 0 saturated carbocycles. The van der Waals surface area contributed by atoms with E-state index in [-0.39, 0.29) is 11.9 Å². The quantitative estimate of drug-likeness (QED) is 0.304. The van der Waals surface area contributed by atoms with E-state index < -0.39 is 5.82 Å². The molecule has 2 aromatic heterocycles. The summed E-state index contributed by atoms with van der Waals surface area (Å²) in [5.74, 6) is 1.19. The maximum Gasteiger partial charge on any atom is 0.164 e. The Balaban J connectivity index is 1.27. The van der Waals surface area contributed by atoms with Gasteiger partial charge in [0.1, 0.15) is 35.2 Å². The number of fused-ring (bicyclic) bond motifs is 1. The number of halogens is 1. The van der Waals surface area contributed by atoms with Gasteiger partial charge in [-0.15, -0.1) is 0 Å². The number of nitrogens with two attached hydrogens (primary N) is 1. The van der Waals surface area contributed by atoms with Gasteiger partial charge in [0, 0.05) is 36.8 Å². The first-order chi connectivity index (χ1) is 20.1. The molecule has 210 valence electrons. The maximum atomic E-state index is 15.5. The van der Waals surface area contributed by atoms with Crippen LogP contribution in [0.5, 0.6) is 11.5 Å². The lowest BCUT2D eigenvalue weighted by Crippen LogP contribution is -2.38. The van der Waals surface area contributed by atoms with Crippen molar-refractivity contribution in [2.75, 3.05) is 38.5 Å². The Morgan fingerprint density at radius 1 is 1.15 bits per heavy atom. The Labute approximate surface area is 238 Å². The van der Waals surface area contributed by atoms with E-state index in [1.54, 1.807) is 12.1 Å². The summed E-state index contributed by atoms with van der Waals surface area (Å²) >= 11 is 0. The van der Waals surface area contributed by atoms with Crippen LogP contribution in [0.25, 0.3) is 22.3 Å². The number of likely N-dealkylation sites (tertiary alicyclic amines) is 1. The van der Waals surface area contributed by atoms with Crippen LogP contribution in [0.1, 0.15) is 31.7 Å². The first-order valence-electron chi connectivity index (χ1n) is 14.1. The third-order valence-corrected chi connectivity index (χ3v) is 7.83. The van der Waals surface area contributed by atoms with E-state index in [1.165, 1.54) is 12.4 Å². The summed E-state index contributed by atoms with van der Waals surface area (Å²) in [5.41, 5.74) is 8.40.